The minimum Gasteiger partial charge on any atom is -0.316 e. The molecular weight excluding hydrogens is 280 g/mol. The molecule has 3 rings (SSSR count). The molecule has 0 aliphatic carbocycles. The van der Waals surface area contributed by atoms with Gasteiger partial charge in [0.15, 0.2) is 0 Å². The monoisotopic (exact) mass is 300 g/mol. The molecule has 0 spiro atoms. The Morgan fingerprint density at radius 2 is 2.05 bits per heavy atom. The third-order valence-electron chi connectivity index (χ3n) is 4.24. The van der Waals surface area contributed by atoms with Crippen LogP contribution in [0.5, 0.6) is 0 Å². The molecule has 0 saturated carbocycles. The maximum Gasteiger partial charge on any atom is 0.252 e. The number of nitrogens with zero attached hydrogens (tertiary/aromatic N) is 1. The molecule has 1 N–H and O–H groups in total. The van der Waals surface area contributed by atoms with E-state index in [1.54, 1.807) is 4.31 Å². The molecule has 106 valence electrons. The lowest BCUT2D eigenvalue weighted by atomic mass is 9.90. The van der Waals surface area contributed by atoms with Crippen LogP contribution in [0.2, 0.25) is 0 Å². The Hall–Kier alpha value is -0.430. The predicted molar refractivity (Wildman–Crippen MR) is 77.0 cm³/mol. The first kappa shape index (κ1) is 13.5. The lowest BCUT2D eigenvalue weighted by molar-refractivity contribution is 0.228. The van der Waals surface area contributed by atoms with E-state index >= 15 is 0 Å². The molecule has 2 fully saturated rings. The second-order valence-electron chi connectivity index (χ2n) is 5.66. The van der Waals surface area contributed by atoms with Gasteiger partial charge in [0.2, 0.25) is 0 Å². The standard InChI is InChI=1S/C13H20N2O2S2/c1-9-5-10(2)18-13(9)19(16,17)15-4-3-11-6-14-7-12(11)8-15/h5,11-12,14H,3-4,6-8H2,1-2H3. The van der Waals surface area contributed by atoms with Crippen molar-refractivity contribution in [3.63, 3.8) is 0 Å². The summed E-state index contributed by atoms with van der Waals surface area (Å²) in [7, 11) is -3.29. The van der Waals surface area contributed by atoms with Crippen LogP contribution in [0.15, 0.2) is 10.3 Å². The van der Waals surface area contributed by atoms with Gasteiger partial charge in [0.1, 0.15) is 4.21 Å². The molecule has 0 amide bonds. The Morgan fingerprint density at radius 3 is 2.74 bits per heavy atom. The molecule has 0 aromatic carbocycles. The SMILES string of the molecule is Cc1cc(C)c(S(=O)(=O)N2CCC3CNCC3C2)s1. The number of hydrogen-bond donors (Lipinski definition) is 1. The van der Waals surface area contributed by atoms with Crippen molar-refractivity contribution in [1.82, 2.24) is 9.62 Å². The molecule has 0 bridgehead atoms. The quantitative estimate of drug-likeness (QED) is 0.902. The zero-order chi connectivity index (χ0) is 13.6. The summed E-state index contributed by atoms with van der Waals surface area (Å²) in [6.07, 6.45) is 0.986. The van der Waals surface area contributed by atoms with Crippen LogP contribution in [0, 0.1) is 25.7 Å². The summed E-state index contributed by atoms with van der Waals surface area (Å²) >= 11 is 1.39. The number of aryl methyl sites for hydroxylation is 2. The van der Waals surface area contributed by atoms with Gasteiger partial charge >= 0.3 is 0 Å². The first-order valence-electron chi connectivity index (χ1n) is 6.76. The lowest BCUT2D eigenvalue weighted by Crippen LogP contribution is -2.43. The molecule has 2 aliphatic heterocycles. The third kappa shape index (κ3) is 2.35. The fourth-order valence-corrected chi connectivity index (χ4v) is 6.53. The Morgan fingerprint density at radius 1 is 1.32 bits per heavy atom. The van der Waals surface area contributed by atoms with Gasteiger partial charge < -0.3 is 5.32 Å². The fourth-order valence-electron chi connectivity index (χ4n) is 3.21. The van der Waals surface area contributed by atoms with Crippen molar-refractivity contribution < 1.29 is 8.42 Å². The third-order valence-corrected chi connectivity index (χ3v) is 7.87. The van der Waals surface area contributed by atoms with Crippen LogP contribution in [0.4, 0.5) is 0 Å². The smallest absolute Gasteiger partial charge is 0.252 e. The van der Waals surface area contributed by atoms with Gasteiger partial charge in [-0.2, -0.15) is 4.31 Å². The highest BCUT2D eigenvalue weighted by Crippen LogP contribution is 2.33. The normalized spacial score (nSPS) is 28.5. The van der Waals surface area contributed by atoms with Crippen molar-refractivity contribution in [2.45, 2.75) is 24.5 Å². The largest absolute Gasteiger partial charge is 0.316 e. The van der Waals surface area contributed by atoms with E-state index in [1.807, 2.05) is 19.9 Å². The number of sulfonamides is 1. The van der Waals surface area contributed by atoms with Crippen LogP contribution in [-0.2, 0) is 10.0 Å². The molecule has 4 nitrogen and oxygen atoms in total. The van der Waals surface area contributed by atoms with Gasteiger partial charge in [-0.3, -0.25) is 0 Å². The van der Waals surface area contributed by atoms with E-state index in [9.17, 15) is 8.42 Å². The summed E-state index contributed by atoms with van der Waals surface area (Å²) in [5.74, 6) is 1.16. The summed E-state index contributed by atoms with van der Waals surface area (Å²) in [6.45, 7) is 7.21. The Bertz CT molecular complexity index is 579. The van der Waals surface area contributed by atoms with E-state index in [0.29, 0.717) is 29.1 Å². The highest BCUT2D eigenvalue weighted by atomic mass is 32.2. The molecule has 6 heteroatoms. The zero-order valence-electron chi connectivity index (χ0n) is 11.3. The summed E-state index contributed by atoms with van der Waals surface area (Å²) < 4.78 is 27.7. The maximum absolute atomic E-state index is 12.7. The van der Waals surface area contributed by atoms with Gasteiger partial charge in [0.05, 0.1) is 0 Å². The summed E-state index contributed by atoms with van der Waals surface area (Å²) in [4.78, 5) is 1.06. The van der Waals surface area contributed by atoms with Gasteiger partial charge in [-0.15, -0.1) is 11.3 Å². The zero-order valence-corrected chi connectivity index (χ0v) is 13.0. The lowest BCUT2D eigenvalue weighted by Gasteiger charge is -2.33. The summed E-state index contributed by atoms with van der Waals surface area (Å²) in [6, 6.07) is 1.96. The van der Waals surface area contributed by atoms with E-state index in [1.165, 1.54) is 11.3 Å². The Kier molecular flexibility index (Phi) is 3.45. The first-order chi connectivity index (χ1) is 8.98. The fraction of sp³-hybridized carbons (Fsp3) is 0.692. The molecule has 2 aliphatic rings. The number of piperidine rings is 1. The van der Waals surface area contributed by atoms with Crippen molar-refractivity contribution in [3.05, 3.63) is 16.5 Å². The van der Waals surface area contributed by atoms with Crippen molar-refractivity contribution in [2.75, 3.05) is 26.2 Å². The van der Waals surface area contributed by atoms with Gasteiger partial charge in [-0.25, -0.2) is 8.42 Å². The second-order valence-corrected chi connectivity index (χ2v) is 9.05. The van der Waals surface area contributed by atoms with E-state index in [0.717, 1.165) is 30.0 Å². The molecule has 2 atom stereocenters. The minimum atomic E-state index is -3.29. The molecule has 1 aromatic heterocycles. The van der Waals surface area contributed by atoms with E-state index < -0.39 is 10.0 Å². The second kappa shape index (κ2) is 4.84. The van der Waals surface area contributed by atoms with Crippen molar-refractivity contribution in [2.24, 2.45) is 11.8 Å². The molecule has 2 unspecified atom stereocenters. The van der Waals surface area contributed by atoms with E-state index in [4.69, 9.17) is 0 Å². The maximum atomic E-state index is 12.7. The van der Waals surface area contributed by atoms with Crippen LogP contribution in [0.25, 0.3) is 0 Å². The van der Waals surface area contributed by atoms with E-state index in [2.05, 4.69) is 5.32 Å². The number of fused-ring (bicyclic) bond motifs is 1. The van der Waals surface area contributed by atoms with E-state index in [-0.39, 0.29) is 0 Å². The molecular formula is C13H20N2O2S2. The predicted octanol–water partition coefficient (Wildman–Crippen LogP) is 1.59. The van der Waals surface area contributed by atoms with Crippen LogP contribution in [0.1, 0.15) is 16.9 Å². The van der Waals surface area contributed by atoms with Crippen molar-refractivity contribution in [3.8, 4) is 0 Å². The van der Waals surface area contributed by atoms with Crippen LogP contribution >= 0.6 is 11.3 Å². The highest BCUT2D eigenvalue weighted by molar-refractivity contribution is 7.91. The number of nitrogens with one attached hydrogen (secondary N) is 1. The Balaban J connectivity index is 1.87. The van der Waals surface area contributed by atoms with Crippen molar-refractivity contribution in [1.29, 1.82) is 0 Å². The minimum absolute atomic E-state index is 0.491. The molecule has 3 heterocycles. The van der Waals surface area contributed by atoms with Crippen LogP contribution < -0.4 is 5.32 Å². The number of thiophene rings is 1. The average molecular weight is 300 g/mol. The van der Waals surface area contributed by atoms with Crippen molar-refractivity contribution >= 4 is 21.4 Å². The number of hydrogen-bond acceptors (Lipinski definition) is 4. The Labute approximate surface area is 118 Å². The summed E-state index contributed by atoms with van der Waals surface area (Å²) in [5.41, 5.74) is 0.883. The average Bonchev–Trinajstić information content (AvgIpc) is 2.94. The molecule has 0 radical (unpaired) electrons. The molecule has 2 saturated heterocycles. The first-order valence-corrected chi connectivity index (χ1v) is 9.02. The number of rotatable bonds is 2. The topological polar surface area (TPSA) is 49.4 Å². The van der Waals surface area contributed by atoms with Gasteiger partial charge in [-0.1, -0.05) is 0 Å². The van der Waals surface area contributed by atoms with Crippen LogP contribution in [0.3, 0.4) is 0 Å². The van der Waals surface area contributed by atoms with Gasteiger partial charge in [0, 0.05) is 18.0 Å². The molecule has 1 aromatic rings. The highest BCUT2D eigenvalue weighted by Gasteiger charge is 2.38. The molecule has 19 heavy (non-hydrogen) atoms. The van der Waals surface area contributed by atoms with Gasteiger partial charge in [-0.05, 0) is 56.8 Å². The summed E-state index contributed by atoms with van der Waals surface area (Å²) in [5, 5.41) is 3.37. The van der Waals surface area contributed by atoms with Gasteiger partial charge in [0.25, 0.3) is 10.0 Å². The van der Waals surface area contributed by atoms with Crippen LogP contribution in [-0.4, -0.2) is 38.9 Å².